The normalized spacial score (nSPS) is 10.6. The molecule has 0 spiro atoms. The first kappa shape index (κ1) is 12.6. The predicted octanol–water partition coefficient (Wildman–Crippen LogP) is 3.16. The summed E-state index contributed by atoms with van der Waals surface area (Å²) in [6.07, 6.45) is 2.97. The summed E-state index contributed by atoms with van der Waals surface area (Å²) in [5.41, 5.74) is 1.29. The zero-order chi connectivity index (χ0) is 12.8. The summed E-state index contributed by atoms with van der Waals surface area (Å²) < 4.78 is 10.7. The Labute approximate surface area is 107 Å². The number of aromatic nitrogens is 2. The zero-order valence-electron chi connectivity index (χ0n) is 10.8. The second-order valence-electron chi connectivity index (χ2n) is 4.14. The van der Waals surface area contributed by atoms with Crippen LogP contribution in [0.15, 0.2) is 28.8 Å². The van der Waals surface area contributed by atoms with E-state index in [4.69, 9.17) is 9.26 Å². The summed E-state index contributed by atoms with van der Waals surface area (Å²) in [4.78, 5) is 4.20. The van der Waals surface area contributed by atoms with Crippen LogP contribution in [0.1, 0.15) is 37.5 Å². The summed E-state index contributed by atoms with van der Waals surface area (Å²) in [6, 6.07) is 8.11. The van der Waals surface area contributed by atoms with Crippen molar-refractivity contribution in [3.05, 3.63) is 41.5 Å². The third kappa shape index (κ3) is 3.32. The minimum absolute atomic E-state index is 0.322. The van der Waals surface area contributed by atoms with Crippen LogP contribution in [0.25, 0.3) is 0 Å². The van der Waals surface area contributed by atoms with Crippen molar-refractivity contribution in [2.75, 3.05) is 0 Å². The molecule has 4 nitrogen and oxygen atoms in total. The van der Waals surface area contributed by atoms with E-state index in [1.165, 1.54) is 5.56 Å². The lowest BCUT2D eigenvalue weighted by Crippen LogP contribution is -1.96. The Morgan fingerprint density at radius 1 is 1.28 bits per heavy atom. The number of benzene rings is 1. The lowest BCUT2D eigenvalue weighted by molar-refractivity contribution is 0.242. The van der Waals surface area contributed by atoms with Crippen molar-refractivity contribution in [1.82, 2.24) is 10.1 Å². The molecule has 0 aliphatic carbocycles. The number of nitrogens with zero attached hydrogens (tertiary/aromatic N) is 2. The van der Waals surface area contributed by atoms with Crippen LogP contribution in [-0.4, -0.2) is 10.1 Å². The molecule has 0 amide bonds. The number of hydrogen-bond acceptors (Lipinski definition) is 4. The van der Waals surface area contributed by atoms with Gasteiger partial charge in [0.2, 0.25) is 0 Å². The van der Waals surface area contributed by atoms with Gasteiger partial charge in [-0.25, -0.2) is 0 Å². The number of hydrogen-bond donors (Lipinski definition) is 0. The van der Waals surface area contributed by atoms with Gasteiger partial charge in [0.1, 0.15) is 5.75 Å². The monoisotopic (exact) mass is 246 g/mol. The molecular formula is C14H18N2O2. The fourth-order valence-corrected chi connectivity index (χ4v) is 1.72. The highest BCUT2D eigenvalue weighted by Gasteiger charge is 2.05. The molecule has 0 radical (unpaired) electrons. The van der Waals surface area contributed by atoms with Crippen LogP contribution >= 0.6 is 0 Å². The van der Waals surface area contributed by atoms with Gasteiger partial charge < -0.3 is 9.26 Å². The molecule has 0 aliphatic rings. The Morgan fingerprint density at radius 3 is 2.89 bits per heavy atom. The van der Waals surface area contributed by atoms with Gasteiger partial charge in [-0.15, -0.1) is 0 Å². The predicted molar refractivity (Wildman–Crippen MR) is 68.4 cm³/mol. The molecular weight excluding hydrogens is 228 g/mol. The van der Waals surface area contributed by atoms with Crippen LogP contribution in [0.4, 0.5) is 0 Å². The minimum atomic E-state index is 0.322. The second kappa shape index (κ2) is 6.19. The van der Waals surface area contributed by atoms with Crippen molar-refractivity contribution in [3.63, 3.8) is 0 Å². The first-order valence-electron chi connectivity index (χ1n) is 6.35. The molecule has 1 heterocycles. The smallest absolute Gasteiger partial charge is 0.264 e. The Bertz CT molecular complexity index is 494. The van der Waals surface area contributed by atoms with Crippen LogP contribution in [0.5, 0.6) is 5.75 Å². The SMILES string of the molecule is CCCc1cccc(OCc2nc(CC)no2)c1. The van der Waals surface area contributed by atoms with E-state index in [0.29, 0.717) is 18.3 Å². The molecule has 1 aromatic carbocycles. The fraction of sp³-hybridized carbons (Fsp3) is 0.429. The Balaban J connectivity index is 1.94. The lowest BCUT2D eigenvalue weighted by atomic mass is 10.1. The average molecular weight is 246 g/mol. The van der Waals surface area contributed by atoms with Gasteiger partial charge >= 0.3 is 0 Å². The van der Waals surface area contributed by atoms with Gasteiger partial charge in [-0.1, -0.05) is 37.6 Å². The van der Waals surface area contributed by atoms with E-state index in [1.54, 1.807) is 0 Å². The van der Waals surface area contributed by atoms with E-state index < -0.39 is 0 Å². The highest BCUT2D eigenvalue weighted by atomic mass is 16.5. The average Bonchev–Trinajstić information content (AvgIpc) is 2.85. The molecule has 96 valence electrons. The van der Waals surface area contributed by atoms with E-state index in [9.17, 15) is 0 Å². The van der Waals surface area contributed by atoms with Crippen LogP contribution < -0.4 is 4.74 Å². The highest BCUT2D eigenvalue weighted by Crippen LogP contribution is 2.16. The van der Waals surface area contributed by atoms with Crippen LogP contribution in [0, 0.1) is 0 Å². The largest absolute Gasteiger partial charge is 0.484 e. The van der Waals surface area contributed by atoms with Crippen molar-refractivity contribution < 1.29 is 9.26 Å². The molecule has 0 aliphatic heterocycles. The number of aryl methyl sites for hydroxylation is 2. The Kier molecular flexibility index (Phi) is 4.34. The molecule has 1 aromatic heterocycles. The van der Waals surface area contributed by atoms with Gasteiger partial charge in [0.25, 0.3) is 5.89 Å². The van der Waals surface area contributed by atoms with Crippen molar-refractivity contribution in [3.8, 4) is 5.75 Å². The van der Waals surface area contributed by atoms with E-state index in [-0.39, 0.29) is 0 Å². The summed E-state index contributed by atoms with van der Waals surface area (Å²) >= 11 is 0. The summed E-state index contributed by atoms with van der Waals surface area (Å²) in [6.45, 7) is 4.48. The second-order valence-corrected chi connectivity index (χ2v) is 4.14. The first-order chi connectivity index (χ1) is 8.81. The molecule has 0 unspecified atom stereocenters. The maximum atomic E-state index is 5.64. The summed E-state index contributed by atoms with van der Waals surface area (Å²) in [5.74, 6) is 2.08. The van der Waals surface area contributed by atoms with Gasteiger partial charge in [0.15, 0.2) is 12.4 Å². The zero-order valence-corrected chi connectivity index (χ0v) is 10.8. The highest BCUT2D eigenvalue weighted by molar-refractivity contribution is 5.28. The molecule has 2 rings (SSSR count). The molecule has 2 aromatic rings. The molecule has 4 heteroatoms. The van der Waals surface area contributed by atoms with Crippen molar-refractivity contribution in [2.45, 2.75) is 39.7 Å². The van der Waals surface area contributed by atoms with Gasteiger partial charge in [0, 0.05) is 6.42 Å². The Hall–Kier alpha value is -1.84. The molecule has 0 atom stereocenters. The Morgan fingerprint density at radius 2 is 2.17 bits per heavy atom. The third-order valence-corrected chi connectivity index (χ3v) is 2.63. The summed E-state index contributed by atoms with van der Waals surface area (Å²) in [7, 11) is 0. The van der Waals surface area contributed by atoms with Crippen LogP contribution in [0.2, 0.25) is 0 Å². The maximum absolute atomic E-state index is 5.64. The molecule has 0 N–H and O–H groups in total. The molecule has 0 bridgehead atoms. The number of ether oxygens (including phenoxy) is 1. The van der Waals surface area contributed by atoms with Gasteiger partial charge in [-0.2, -0.15) is 4.98 Å². The molecule has 0 saturated carbocycles. The quantitative estimate of drug-likeness (QED) is 0.785. The molecule has 18 heavy (non-hydrogen) atoms. The van der Waals surface area contributed by atoms with Crippen LogP contribution in [-0.2, 0) is 19.4 Å². The van der Waals surface area contributed by atoms with E-state index >= 15 is 0 Å². The van der Waals surface area contributed by atoms with Gasteiger partial charge in [-0.3, -0.25) is 0 Å². The van der Waals surface area contributed by atoms with E-state index in [2.05, 4.69) is 29.2 Å². The van der Waals surface area contributed by atoms with Crippen molar-refractivity contribution in [1.29, 1.82) is 0 Å². The maximum Gasteiger partial charge on any atom is 0.264 e. The van der Waals surface area contributed by atoms with E-state index in [1.807, 2.05) is 19.1 Å². The van der Waals surface area contributed by atoms with Crippen molar-refractivity contribution >= 4 is 0 Å². The van der Waals surface area contributed by atoms with E-state index in [0.717, 1.165) is 25.0 Å². The third-order valence-electron chi connectivity index (χ3n) is 2.63. The first-order valence-corrected chi connectivity index (χ1v) is 6.35. The molecule has 0 saturated heterocycles. The number of rotatable bonds is 6. The molecule has 0 fully saturated rings. The lowest BCUT2D eigenvalue weighted by Gasteiger charge is -2.05. The van der Waals surface area contributed by atoms with Crippen LogP contribution in [0.3, 0.4) is 0 Å². The standard InChI is InChI=1S/C14H18N2O2/c1-3-6-11-7-5-8-12(9-11)17-10-14-15-13(4-2)16-18-14/h5,7-9H,3-4,6,10H2,1-2H3. The summed E-state index contributed by atoms with van der Waals surface area (Å²) in [5, 5.41) is 3.83. The van der Waals surface area contributed by atoms with Crippen molar-refractivity contribution in [2.24, 2.45) is 0 Å². The van der Waals surface area contributed by atoms with Gasteiger partial charge in [-0.05, 0) is 24.1 Å². The topological polar surface area (TPSA) is 48.2 Å². The minimum Gasteiger partial charge on any atom is -0.484 e. The van der Waals surface area contributed by atoms with Gasteiger partial charge in [0.05, 0.1) is 0 Å². The fourth-order valence-electron chi connectivity index (χ4n) is 1.72.